The second-order valence-electron chi connectivity index (χ2n) is 3.47. The molecule has 1 aromatic heterocycles. The molecule has 0 bridgehead atoms. The van der Waals surface area contributed by atoms with Crippen molar-refractivity contribution in [1.29, 1.82) is 0 Å². The van der Waals surface area contributed by atoms with Crippen molar-refractivity contribution in [3.63, 3.8) is 0 Å². The Hall–Kier alpha value is -1.43. The van der Waals surface area contributed by atoms with Gasteiger partial charge < -0.3 is 14.3 Å². The van der Waals surface area contributed by atoms with E-state index in [1.807, 2.05) is 6.92 Å². The first-order chi connectivity index (χ1) is 8.02. The zero-order valence-corrected chi connectivity index (χ0v) is 10.5. The van der Waals surface area contributed by atoms with Crippen molar-refractivity contribution in [2.24, 2.45) is 0 Å². The second kappa shape index (κ2) is 6.34. The molecule has 6 heteroatoms. The van der Waals surface area contributed by atoms with Gasteiger partial charge in [0.05, 0.1) is 19.3 Å². The molecular weight excluding hydrogens is 244 g/mol. The maximum Gasteiger partial charge on any atom is 0.371 e. The highest BCUT2D eigenvalue weighted by Crippen LogP contribution is 2.21. The molecule has 0 saturated carbocycles. The first-order valence-corrected chi connectivity index (χ1v) is 6.08. The molecule has 0 fully saturated rings. The summed E-state index contributed by atoms with van der Waals surface area (Å²) >= 11 is 1.51. The van der Waals surface area contributed by atoms with E-state index < -0.39 is 5.97 Å². The van der Waals surface area contributed by atoms with Gasteiger partial charge in [0.25, 0.3) is 0 Å². The molecule has 1 unspecified atom stereocenters. The number of furan rings is 1. The van der Waals surface area contributed by atoms with Crippen LogP contribution in [0.2, 0.25) is 0 Å². The number of hydrogen-bond acceptors (Lipinski definition) is 5. The Kier molecular flexibility index (Phi) is 5.09. The summed E-state index contributed by atoms with van der Waals surface area (Å²) in [4.78, 5) is 21.6. The lowest BCUT2D eigenvalue weighted by molar-refractivity contribution is -0.140. The summed E-state index contributed by atoms with van der Waals surface area (Å²) in [6, 6.07) is 3.05. The maximum absolute atomic E-state index is 11.0. The molecule has 1 aromatic rings. The van der Waals surface area contributed by atoms with Gasteiger partial charge in [-0.05, 0) is 12.1 Å². The van der Waals surface area contributed by atoms with Gasteiger partial charge in [-0.25, -0.2) is 4.79 Å². The van der Waals surface area contributed by atoms with Crippen molar-refractivity contribution in [1.82, 2.24) is 0 Å². The molecule has 0 spiro atoms. The van der Waals surface area contributed by atoms with Crippen LogP contribution in [0.3, 0.4) is 0 Å². The van der Waals surface area contributed by atoms with Gasteiger partial charge in [0.15, 0.2) is 0 Å². The number of carboxylic acids is 1. The quantitative estimate of drug-likeness (QED) is 0.788. The van der Waals surface area contributed by atoms with Crippen LogP contribution in [0.5, 0.6) is 0 Å². The van der Waals surface area contributed by atoms with Crippen molar-refractivity contribution in [3.05, 3.63) is 23.7 Å². The van der Waals surface area contributed by atoms with E-state index >= 15 is 0 Å². The van der Waals surface area contributed by atoms with E-state index in [9.17, 15) is 9.59 Å². The van der Waals surface area contributed by atoms with Crippen LogP contribution < -0.4 is 0 Å². The SMILES string of the molecule is COC(=O)CC(C)SCc1ccc(C(=O)O)o1. The lowest BCUT2D eigenvalue weighted by Crippen LogP contribution is -2.08. The molecule has 1 N–H and O–H groups in total. The highest BCUT2D eigenvalue weighted by atomic mass is 32.2. The molecule has 1 rings (SSSR count). The van der Waals surface area contributed by atoms with Crippen LogP contribution in [-0.2, 0) is 15.3 Å². The minimum atomic E-state index is -1.08. The summed E-state index contributed by atoms with van der Waals surface area (Å²) in [7, 11) is 1.35. The number of aromatic carboxylic acids is 1. The van der Waals surface area contributed by atoms with E-state index in [1.165, 1.54) is 24.9 Å². The molecule has 1 atom stereocenters. The standard InChI is InChI=1S/C11H14O5S/c1-7(5-10(12)15-2)17-6-8-3-4-9(16-8)11(13)14/h3-4,7H,5-6H2,1-2H3,(H,13,14). The maximum atomic E-state index is 11.0. The van der Waals surface area contributed by atoms with Gasteiger partial charge >= 0.3 is 11.9 Å². The van der Waals surface area contributed by atoms with Crippen LogP contribution in [-0.4, -0.2) is 29.4 Å². The van der Waals surface area contributed by atoms with Gasteiger partial charge in [0.1, 0.15) is 5.76 Å². The number of carboxylic acid groups (broad SMARTS) is 1. The molecule has 0 radical (unpaired) electrons. The normalized spacial score (nSPS) is 12.1. The van der Waals surface area contributed by atoms with Crippen molar-refractivity contribution in [2.45, 2.75) is 24.3 Å². The van der Waals surface area contributed by atoms with E-state index in [1.54, 1.807) is 6.07 Å². The lowest BCUT2D eigenvalue weighted by Gasteiger charge is -2.07. The van der Waals surface area contributed by atoms with Crippen molar-refractivity contribution in [2.75, 3.05) is 7.11 Å². The van der Waals surface area contributed by atoms with Crippen LogP contribution in [0, 0.1) is 0 Å². The van der Waals surface area contributed by atoms with Gasteiger partial charge in [-0.3, -0.25) is 4.79 Å². The topological polar surface area (TPSA) is 76.7 Å². The summed E-state index contributed by atoms with van der Waals surface area (Å²) < 4.78 is 9.65. The molecule has 0 saturated heterocycles. The predicted molar refractivity (Wildman–Crippen MR) is 63.1 cm³/mol. The van der Waals surface area contributed by atoms with Crippen LogP contribution >= 0.6 is 11.8 Å². The third kappa shape index (κ3) is 4.52. The fraction of sp³-hybridized carbons (Fsp3) is 0.455. The largest absolute Gasteiger partial charge is 0.475 e. The average Bonchev–Trinajstić information content (AvgIpc) is 2.75. The van der Waals surface area contributed by atoms with E-state index in [0.717, 1.165) is 0 Å². The lowest BCUT2D eigenvalue weighted by atomic mass is 10.3. The van der Waals surface area contributed by atoms with Crippen LogP contribution in [0.4, 0.5) is 0 Å². The summed E-state index contributed by atoms with van der Waals surface area (Å²) in [5.41, 5.74) is 0. The predicted octanol–water partition coefficient (Wildman–Crippen LogP) is 2.16. The van der Waals surface area contributed by atoms with Gasteiger partial charge in [-0.2, -0.15) is 11.8 Å². The Balaban J connectivity index is 2.39. The summed E-state index contributed by atoms with van der Waals surface area (Å²) in [5.74, 6) is -0.282. The number of ether oxygens (including phenoxy) is 1. The number of esters is 1. The zero-order valence-electron chi connectivity index (χ0n) is 9.63. The van der Waals surface area contributed by atoms with Gasteiger partial charge in [0, 0.05) is 5.25 Å². The van der Waals surface area contributed by atoms with Crippen molar-refractivity contribution >= 4 is 23.7 Å². The van der Waals surface area contributed by atoms with Gasteiger partial charge in [-0.15, -0.1) is 0 Å². The summed E-state index contributed by atoms with van der Waals surface area (Å²) in [6.45, 7) is 1.91. The van der Waals surface area contributed by atoms with Gasteiger partial charge in [0.2, 0.25) is 5.76 Å². The first kappa shape index (κ1) is 13.6. The molecule has 17 heavy (non-hydrogen) atoms. The smallest absolute Gasteiger partial charge is 0.371 e. The zero-order chi connectivity index (χ0) is 12.8. The summed E-state index contributed by atoms with van der Waals surface area (Å²) in [5, 5.41) is 8.76. The number of rotatable bonds is 6. The molecule has 1 heterocycles. The molecule has 94 valence electrons. The highest BCUT2D eigenvalue weighted by molar-refractivity contribution is 7.99. The second-order valence-corrected chi connectivity index (χ2v) is 4.90. The number of thioether (sulfide) groups is 1. The number of methoxy groups -OCH3 is 1. The average molecular weight is 258 g/mol. The first-order valence-electron chi connectivity index (χ1n) is 5.03. The fourth-order valence-corrected chi connectivity index (χ4v) is 2.03. The number of carbonyl (C=O) groups excluding carboxylic acids is 1. The van der Waals surface area contributed by atoms with E-state index in [2.05, 4.69) is 4.74 Å². The highest BCUT2D eigenvalue weighted by Gasteiger charge is 2.12. The van der Waals surface area contributed by atoms with Crippen molar-refractivity contribution < 1.29 is 23.8 Å². The monoisotopic (exact) mass is 258 g/mol. The molecule has 0 aromatic carbocycles. The Labute approximate surface area is 103 Å². The Bertz CT molecular complexity index is 398. The Morgan fingerprint density at radius 3 is 2.76 bits per heavy atom. The third-order valence-electron chi connectivity index (χ3n) is 2.06. The minimum absolute atomic E-state index is 0.0683. The van der Waals surface area contributed by atoms with Crippen LogP contribution in [0.25, 0.3) is 0 Å². The van der Waals surface area contributed by atoms with Gasteiger partial charge in [-0.1, -0.05) is 6.92 Å². The van der Waals surface area contributed by atoms with E-state index in [-0.39, 0.29) is 17.0 Å². The summed E-state index contributed by atoms with van der Waals surface area (Å²) in [6.07, 6.45) is 0.327. The van der Waals surface area contributed by atoms with Crippen LogP contribution in [0.15, 0.2) is 16.5 Å². The Morgan fingerprint density at radius 2 is 2.24 bits per heavy atom. The third-order valence-corrected chi connectivity index (χ3v) is 3.25. The molecule has 5 nitrogen and oxygen atoms in total. The molecule has 0 aliphatic carbocycles. The molecule has 0 aliphatic rings. The molecule has 0 amide bonds. The van der Waals surface area contributed by atoms with E-state index in [0.29, 0.717) is 17.9 Å². The van der Waals surface area contributed by atoms with Crippen LogP contribution in [0.1, 0.15) is 29.7 Å². The Morgan fingerprint density at radius 1 is 1.53 bits per heavy atom. The van der Waals surface area contributed by atoms with Crippen molar-refractivity contribution in [3.8, 4) is 0 Å². The number of carbonyl (C=O) groups is 2. The van der Waals surface area contributed by atoms with E-state index in [4.69, 9.17) is 9.52 Å². The fourth-order valence-electron chi connectivity index (χ4n) is 1.17. The minimum Gasteiger partial charge on any atom is -0.475 e. The molecular formula is C11H14O5S. The molecule has 0 aliphatic heterocycles. The number of hydrogen-bond donors (Lipinski definition) is 1.